The predicted molar refractivity (Wildman–Crippen MR) is 108 cm³/mol. The number of hydrogen-bond donors (Lipinski definition) is 1. The summed E-state index contributed by atoms with van der Waals surface area (Å²) in [6.45, 7) is 2.11. The SMILES string of the molecule is CCc1cc(CCCC2(C(N)=O)c3ccccc3-c3ccccc32)ccn1. The Morgan fingerprint density at radius 1 is 1.00 bits per heavy atom. The van der Waals surface area contributed by atoms with Crippen LogP contribution in [-0.2, 0) is 23.1 Å². The summed E-state index contributed by atoms with van der Waals surface area (Å²) in [5, 5.41) is 0. The van der Waals surface area contributed by atoms with Gasteiger partial charge in [-0.1, -0.05) is 55.5 Å². The number of pyridine rings is 1. The Balaban J connectivity index is 1.68. The number of carbonyl (C=O) groups excluding carboxylic acids is 1. The molecule has 3 heteroatoms. The van der Waals surface area contributed by atoms with Gasteiger partial charge in [0.25, 0.3) is 0 Å². The number of nitrogens with two attached hydrogens (primary N) is 1. The second kappa shape index (κ2) is 6.99. The molecule has 2 N–H and O–H groups in total. The zero-order valence-electron chi connectivity index (χ0n) is 15.6. The van der Waals surface area contributed by atoms with Crippen LogP contribution < -0.4 is 5.73 Å². The third-order valence-corrected chi connectivity index (χ3v) is 5.74. The molecule has 0 bridgehead atoms. The average Bonchev–Trinajstić information content (AvgIpc) is 3.00. The molecular weight excluding hydrogens is 332 g/mol. The van der Waals surface area contributed by atoms with E-state index >= 15 is 0 Å². The second-order valence-corrected chi connectivity index (χ2v) is 7.22. The Morgan fingerprint density at radius 2 is 1.63 bits per heavy atom. The first kappa shape index (κ1) is 17.5. The van der Waals surface area contributed by atoms with Crippen LogP contribution in [0, 0.1) is 0 Å². The summed E-state index contributed by atoms with van der Waals surface area (Å²) in [6.07, 6.45) is 5.31. The highest BCUT2D eigenvalue weighted by atomic mass is 16.1. The molecule has 1 amide bonds. The maximum Gasteiger partial charge on any atom is 0.232 e. The lowest BCUT2D eigenvalue weighted by molar-refractivity contribution is -0.122. The number of nitrogens with zero attached hydrogens (tertiary/aromatic N) is 1. The molecule has 0 fully saturated rings. The molecule has 0 spiro atoms. The lowest BCUT2D eigenvalue weighted by Gasteiger charge is -2.28. The molecule has 1 heterocycles. The van der Waals surface area contributed by atoms with Crippen molar-refractivity contribution in [1.82, 2.24) is 4.98 Å². The van der Waals surface area contributed by atoms with Crippen molar-refractivity contribution in [3.05, 3.63) is 89.2 Å². The van der Waals surface area contributed by atoms with Gasteiger partial charge < -0.3 is 5.73 Å². The number of fused-ring (bicyclic) bond motifs is 3. The summed E-state index contributed by atoms with van der Waals surface area (Å²) in [4.78, 5) is 17.2. The van der Waals surface area contributed by atoms with Gasteiger partial charge in [-0.05, 0) is 65.6 Å². The monoisotopic (exact) mass is 356 g/mol. The fraction of sp³-hybridized carbons (Fsp3) is 0.250. The third-order valence-electron chi connectivity index (χ3n) is 5.74. The molecule has 1 aliphatic rings. The van der Waals surface area contributed by atoms with Crippen molar-refractivity contribution in [3.8, 4) is 11.1 Å². The van der Waals surface area contributed by atoms with Gasteiger partial charge >= 0.3 is 0 Å². The summed E-state index contributed by atoms with van der Waals surface area (Å²) in [7, 11) is 0. The van der Waals surface area contributed by atoms with Gasteiger partial charge in [-0.2, -0.15) is 0 Å². The molecule has 0 unspecified atom stereocenters. The van der Waals surface area contributed by atoms with E-state index in [4.69, 9.17) is 5.73 Å². The number of aromatic nitrogens is 1. The molecule has 0 radical (unpaired) electrons. The Morgan fingerprint density at radius 3 is 2.22 bits per heavy atom. The highest BCUT2D eigenvalue weighted by molar-refractivity contribution is 5.99. The minimum atomic E-state index is -0.742. The molecule has 3 aromatic rings. The van der Waals surface area contributed by atoms with Crippen molar-refractivity contribution in [2.45, 2.75) is 38.0 Å². The Kier molecular flexibility index (Phi) is 4.53. The predicted octanol–water partition coefficient (Wildman–Crippen LogP) is 4.42. The lowest BCUT2D eigenvalue weighted by Crippen LogP contribution is -2.40. The summed E-state index contributed by atoms with van der Waals surface area (Å²) in [5.74, 6) is -0.260. The standard InChI is InChI=1S/C24H24N2O/c1-2-18-16-17(13-15-26-18)8-7-14-24(23(25)27)21-11-5-3-9-19(21)20-10-4-6-12-22(20)24/h3-6,9-13,15-16H,2,7-8,14H2,1H3,(H2,25,27). The zero-order valence-corrected chi connectivity index (χ0v) is 15.6. The highest BCUT2D eigenvalue weighted by Crippen LogP contribution is 2.51. The van der Waals surface area contributed by atoms with E-state index in [1.54, 1.807) is 0 Å². The van der Waals surface area contributed by atoms with Crippen LogP contribution in [0.25, 0.3) is 11.1 Å². The fourth-order valence-corrected chi connectivity index (χ4v) is 4.42. The van der Waals surface area contributed by atoms with Crippen LogP contribution in [-0.4, -0.2) is 10.9 Å². The molecule has 1 aliphatic carbocycles. The minimum absolute atomic E-state index is 0.260. The molecule has 136 valence electrons. The van der Waals surface area contributed by atoms with Gasteiger partial charge in [0.2, 0.25) is 5.91 Å². The molecule has 0 saturated heterocycles. The van der Waals surface area contributed by atoms with E-state index in [-0.39, 0.29) is 5.91 Å². The van der Waals surface area contributed by atoms with Crippen molar-refractivity contribution >= 4 is 5.91 Å². The number of amides is 1. The number of primary amides is 1. The van der Waals surface area contributed by atoms with Crippen LogP contribution in [0.5, 0.6) is 0 Å². The van der Waals surface area contributed by atoms with Crippen LogP contribution >= 0.6 is 0 Å². The van der Waals surface area contributed by atoms with Crippen LogP contribution in [0.3, 0.4) is 0 Å². The summed E-state index contributed by atoms with van der Waals surface area (Å²) in [5.41, 5.74) is 12.0. The molecular formula is C24H24N2O. The Hall–Kier alpha value is -2.94. The molecule has 2 aromatic carbocycles. The molecule has 0 saturated carbocycles. The first-order valence-electron chi connectivity index (χ1n) is 9.60. The van der Waals surface area contributed by atoms with E-state index in [1.165, 1.54) is 5.56 Å². The van der Waals surface area contributed by atoms with Gasteiger partial charge in [0.15, 0.2) is 0 Å². The van der Waals surface area contributed by atoms with Crippen molar-refractivity contribution in [3.63, 3.8) is 0 Å². The number of hydrogen-bond acceptors (Lipinski definition) is 2. The van der Waals surface area contributed by atoms with Gasteiger partial charge in [-0.3, -0.25) is 9.78 Å². The number of benzene rings is 2. The van der Waals surface area contributed by atoms with E-state index in [1.807, 2.05) is 30.5 Å². The molecule has 27 heavy (non-hydrogen) atoms. The number of aryl methyl sites for hydroxylation is 2. The topological polar surface area (TPSA) is 56.0 Å². The van der Waals surface area contributed by atoms with Gasteiger partial charge in [-0.15, -0.1) is 0 Å². The van der Waals surface area contributed by atoms with E-state index in [9.17, 15) is 4.79 Å². The number of rotatable bonds is 6. The van der Waals surface area contributed by atoms with Crippen LogP contribution in [0.1, 0.15) is 42.1 Å². The Labute approximate surface area is 160 Å². The Bertz CT molecular complexity index is 947. The van der Waals surface area contributed by atoms with Crippen LogP contribution in [0.4, 0.5) is 0 Å². The van der Waals surface area contributed by atoms with Crippen molar-refractivity contribution in [2.75, 3.05) is 0 Å². The smallest absolute Gasteiger partial charge is 0.232 e. The maximum absolute atomic E-state index is 12.8. The van der Waals surface area contributed by atoms with Crippen LogP contribution in [0.15, 0.2) is 66.9 Å². The van der Waals surface area contributed by atoms with Gasteiger partial charge in [0, 0.05) is 11.9 Å². The summed E-state index contributed by atoms with van der Waals surface area (Å²) < 4.78 is 0. The van der Waals surface area contributed by atoms with E-state index in [0.29, 0.717) is 6.42 Å². The average molecular weight is 356 g/mol. The second-order valence-electron chi connectivity index (χ2n) is 7.22. The van der Waals surface area contributed by atoms with Gasteiger partial charge in [0.1, 0.15) is 0 Å². The fourth-order valence-electron chi connectivity index (χ4n) is 4.42. The summed E-state index contributed by atoms with van der Waals surface area (Å²) in [6, 6.07) is 20.6. The van der Waals surface area contributed by atoms with Crippen molar-refractivity contribution in [1.29, 1.82) is 0 Å². The number of carbonyl (C=O) groups is 1. The highest BCUT2D eigenvalue weighted by Gasteiger charge is 2.47. The van der Waals surface area contributed by atoms with Crippen molar-refractivity contribution in [2.24, 2.45) is 5.73 Å². The van der Waals surface area contributed by atoms with Gasteiger partial charge in [-0.25, -0.2) is 0 Å². The molecule has 0 atom stereocenters. The first-order chi connectivity index (χ1) is 13.2. The quantitative estimate of drug-likeness (QED) is 0.711. The van der Waals surface area contributed by atoms with Gasteiger partial charge in [0.05, 0.1) is 5.41 Å². The molecule has 3 nitrogen and oxygen atoms in total. The normalized spacial score (nSPS) is 13.8. The molecule has 1 aromatic heterocycles. The minimum Gasteiger partial charge on any atom is -0.369 e. The zero-order chi connectivity index (χ0) is 18.9. The molecule has 4 rings (SSSR count). The van der Waals surface area contributed by atoms with E-state index in [0.717, 1.165) is 47.2 Å². The molecule has 0 aliphatic heterocycles. The maximum atomic E-state index is 12.8. The third kappa shape index (κ3) is 2.84. The lowest BCUT2D eigenvalue weighted by atomic mass is 9.73. The van der Waals surface area contributed by atoms with E-state index in [2.05, 4.69) is 48.3 Å². The van der Waals surface area contributed by atoms with Crippen molar-refractivity contribution < 1.29 is 4.79 Å². The first-order valence-corrected chi connectivity index (χ1v) is 9.60. The van der Waals surface area contributed by atoms with E-state index < -0.39 is 5.41 Å². The largest absolute Gasteiger partial charge is 0.369 e. The van der Waals surface area contributed by atoms with Crippen LogP contribution in [0.2, 0.25) is 0 Å². The summed E-state index contributed by atoms with van der Waals surface area (Å²) >= 11 is 0.